The number of carbonyl (C=O) groups is 1. The van der Waals surface area contributed by atoms with Crippen molar-refractivity contribution in [2.45, 2.75) is 12.5 Å². The van der Waals surface area contributed by atoms with Gasteiger partial charge in [-0.2, -0.15) is 0 Å². The van der Waals surface area contributed by atoms with E-state index >= 15 is 0 Å². The average Bonchev–Trinajstić information content (AvgIpc) is 3.29. The molecule has 0 N–H and O–H groups in total. The maximum atomic E-state index is 12.9. The Bertz CT molecular complexity index is 906. The smallest absolute Gasteiger partial charge is 0.267 e. The number of methoxy groups -OCH3 is 2. The van der Waals surface area contributed by atoms with Crippen LogP contribution in [-0.4, -0.2) is 63.0 Å². The van der Waals surface area contributed by atoms with Crippen LogP contribution in [0, 0.1) is 0 Å². The van der Waals surface area contributed by atoms with Crippen molar-refractivity contribution < 1.29 is 19.1 Å². The number of benzene rings is 2. The molecule has 0 radical (unpaired) electrons. The third kappa shape index (κ3) is 3.99. The molecule has 0 aliphatic carbocycles. The summed E-state index contributed by atoms with van der Waals surface area (Å²) in [6.07, 6.45) is -0.0901. The Balaban J connectivity index is 1.35. The van der Waals surface area contributed by atoms with Gasteiger partial charge in [-0.05, 0) is 24.3 Å². The molecule has 0 saturated carbocycles. The van der Waals surface area contributed by atoms with Crippen LogP contribution in [0.15, 0.2) is 53.7 Å². The van der Waals surface area contributed by atoms with Crippen molar-refractivity contribution in [3.05, 3.63) is 54.1 Å². The van der Waals surface area contributed by atoms with Crippen LogP contribution in [0.2, 0.25) is 0 Å². The molecule has 29 heavy (non-hydrogen) atoms. The number of anilines is 1. The highest BCUT2D eigenvalue weighted by Gasteiger charge is 2.34. The molecule has 7 heteroatoms. The molecule has 0 aromatic heterocycles. The fraction of sp³-hybridized carbons (Fsp3) is 0.364. The van der Waals surface area contributed by atoms with Crippen LogP contribution >= 0.6 is 0 Å². The van der Waals surface area contributed by atoms with Crippen molar-refractivity contribution in [1.82, 2.24) is 4.90 Å². The molecule has 1 fully saturated rings. The summed E-state index contributed by atoms with van der Waals surface area (Å²) in [6, 6.07) is 15.6. The molecule has 2 aliphatic rings. The summed E-state index contributed by atoms with van der Waals surface area (Å²) in [4.78, 5) is 22.5. The van der Waals surface area contributed by atoms with E-state index in [0.717, 1.165) is 41.6 Å². The van der Waals surface area contributed by atoms with Crippen LogP contribution in [0.3, 0.4) is 0 Å². The Kier molecular flexibility index (Phi) is 5.55. The van der Waals surface area contributed by atoms with Gasteiger partial charge in [-0.15, -0.1) is 0 Å². The zero-order chi connectivity index (χ0) is 20.2. The maximum Gasteiger partial charge on any atom is 0.267 e. The highest BCUT2D eigenvalue weighted by atomic mass is 16.6. The predicted octanol–water partition coefficient (Wildman–Crippen LogP) is 2.55. The normalized spacial score (nSPS) is 18.8. The SMILES string of the molecule is COc1cccc(C2=NOC(C(=O)N3CCN(c4ccccc4OC)CC3)C2)c1. The van der Waals surface area contributed by atoms with E-state index < -0.39 is 6.10 Å². The first-order chi connectivity index (χ1) is 14.2. The van der Waals surface area contributed by atoms with E-state index in [2.05, 4.69) is 10.1 Å². The number of rotatable bonds is 5. The summed E-state index contributed by atoms with van der Waals surface area (Å²) in [5.74, 6) is 1.60. The summed E-state index contributed by atoms with van der Waals surface area (Å²) in [6.45, 7) is 2.79. The van der Waals surface area contributed by atoms with Crippen molar-refractivity contribution in [1.29, 1.82) is 0 Å². The number of hydrogen-bond donors (Lipinski definition) is 0. The quantitative estimate of drug-likeness (QED) is 0.779. The number of carbonyl (C=O) groups excluding carboxylic acids is 1. The molecule has 2 aromatic rings. The lowest BCUT2D eigenvalue weighted by Crippen LogP contribution is -2.51. The van der Waals surface area contributed by atoms with Crippen molar-refractivity contribution in [3.8, 4) is 11.5 Å². The maximum absolute atomic E-state index is 12.9. The fourth-order valence-electron chi connectivity index (χ4n) is 3.75. The van der Waals surface area contributed by atoms with Gasteiger partial charge in [0.15, 0.2) is 0 Å². The highest BCUT2D eigenvalue weighted by molar-refractivity contribution is 6.04. The van der Waals surface area contributed by atoms with Crippen molar-refractivity contribution >= 4 is 17.3 Å². The molecule has 2 aliphatic heterocycles. The monoisotopic (exact) mass is 395 g/mol. The van der Waals surface area contributed by atoms with Crippen molar-refractivity contribution in [2.24, 2.45) is 5.16 Å². The van der Waals surface area contributed by atoms with Crippen molar-refractivity contribution in [2.75, 3.05) is 45.3 Å². The Morgan fingerprint density at radius 3 is 2.59 bits per heavy atom. The van der Waals surface area contributed by atoms with E-state index in [1.807, 2.05) is 53.4 Å². The Hall–Kier alpha value is -3.22. The molecule has 0 spiro atoms. The number of hydrogen-bond acceptors (Lipinski definition) is 6. The van der Waals surface area contributed by atoms with Gasteiger partial charge in [0.25, 0.3) is 5.91 Å². The lowest BCUT2D eigenvalue weighted by atomic mass is 10.0. The van der Waals surface area contributed by atoms with E-state index in [9.17, 15) is 4.79 Å². The van der Waals surface area contributed by atoms with Crippen LogP contribution in [0.1, 0.15) is 12.0 Å². The average molecular weight is 395 g/mol. The summed E-state index contributed by atoms with van der Waals surface area (Å²) in [5, 5.41) is 4.15. The summed E-state index contributed by atoms with van der Waals surface area (Å²) >= 11 is 0. The topological polar surface area (TPSA) is 63.6 Å². The summed E-state index contributed by atoms with van der Waals surface area (Å²) in [5.41, 5.74) is 2.75. The lowest BCUT2D eigenvalue weighted by Gasteiger charge is -2.37. The van der Waals surface area contributed by atoms with E-state index in [1.54, 1.807) is 14.2 Å². The summed E-state index contributed by atoms with van der Waals surface area (Å²) in [7, 11) is 3.30. The largest absolute Gasteiger partial charge is 0.497 e. The fourth-order valence-corrected chi connectivity index (χ4v) is 3.75. The molecule has 1 saturated heterocycles. The van der Waals surface area contributed by atoms with E-state index in [1.165, 1.54) is 0 Å². The van der Waals surface area contributed by atoms with Gasteiger partial charge in [0, 0.05) is 38.2 Å². The van der Waals surface area contributed by atoms with Crippen LogP contribution < -0.4 is 14.4 Å². The number of para-hydroxylation sites is 2. The van der Waals surface area contributed by atoms with E-state index in [0.29, 0.717) is 19.5 Å². The van der Waals surface area contributed by atoms with Crippen LogP contribution in [0.25, 0.3) is 0 Å². The minimum atomic E-state index is -0.561. The predicted molar refractivity (Wildman–Crippen MR) is 111 cm³/mol. The molecule has 1 atom stereocenters. The first kappa shape index (κ1) is 19.1. The third-order valence-electron chi connectivity index (χ3n) is 5.36. The first-order valence-electron chi connectivity index (χ1n) is 9.73. The standard InChI is InChI=1S/C22H25N3O4/c1-27-17-7-5-6-16(14-17)18-15-21(29-23-18)22(26)25-12-10-24(11-13-25)19-8-3-4-9-20(19)28-2/h3-9,14,21H,10-13,15H2,1-2H3. The third-order valence-corrected chi connectivity index (χ3v) is 5.36. The van der Waals surface area contributed by atoms with Gasteiger partial charge in [0.05, 0.1) is 25.6 Å². The molecular formula is C22H25N3O4. The zero-order valence-electron chi connectivity index (χ0n) is 16.7. The number of nitrogens with zero attached hydrogens (tertiary/aromatic N) is 3. The van der Waals surface area contributed by atoms with Crippen molar-refractivity contribution in [3.63, 3.8) is 0 Å². The van der Waals surface area contributed by atoms with E-state index in [4.69, 9.17) is 14.3 Å². The number of amides is 1. The van der Waals surface area contributed by atoms with Crippen LogP contribution in [0.4, 0.5) is 5.69 Å². The number of piperazine rings is 1. The highest BCUT2D eigenvalue weighted by Crippen LogP contribution is 2.29. The Morgan fingerprint density at radius 1 is 1.03 bits per heavy atom. The molecule has 2 heterocycles. The number of ether oxygens (including phenoxy) is 2. The van der Waals surface area contributed by atoms with Crippen LogP contribution in [0.5, 0.6) is 11.5 Å². The molecule has 1 unspecified atom stereocenters. The molecule has 4 rings (SSSR count). The van der Waals surface area contributed by atoms with Gasteiger partial charge in [-0.1, -0.05) is 29.4 Å². The van der Waals surface area contributed by atoms with Gasteiger partial charge in [0.1, 0.15) is 11.5 Å². The zero-order valence-corrected chi connectivity index (χ0v) is 16.7. The van der Waals surface area contributed by atoms with Gasteiger partial charge in [-0.3, -0.25) is 4.79 Å². The molecule has 0 bridgehead atoms. The first-order valence-corrected chi connectivity index (χ1v) is 9.73. The molecule has 152 valence electrons. The second-order valence-electron chi connectivity index (χ2n) is 7.05. The van der Waals surface area contributed by atoms with Gasteiger partial charge >= 0.3 is 0 Å². The number of oxime groups is 1. The summed E-state index contributed by atoms with van der Waals surface area (Å²) < 4.78 is 10.7. The van der Waals surface area contributed by atoms with Gasteiger partial charge in [0.2, 0.25) is 6.10 Å². The Morgan fingerprint density at radius 2 is 1.83 bits per heavy atom. The molecular weight excluding hydrogens is 370 g/mol. The lowest BCUT2D eigenvalue weighted by molar-refractivity contribution is -0.142. The second kappa shape index (κ2) is 8.43. The molecule has 1 amide bonds. The van der Waals surface area contributed by atoms with E-state index in [-0.39, 0.29) is 5.91 Å². The minimum Gasteiger partial charge on any atom is -0.497 e. The van der Waals surface area contributed by atoms with Gasteiger partial charge < -0.3 is 24.1 Å². The minimum absolute atomic E-state index is 0.00803. The Labute approximate surface area is 170 Å². The molecule has 2 aromatic carbocycles. The van der Waals surface area contributed by atoms with Gasteiger partial charge in [-0.25, -0.2) is 0 Å². The molecule has 7 nitrogen and oxygen atoms in total. The second-order valence-corrected chi connectivity index (χ2v) is 7.05. The van der Waals surface area contributed by atoms with Crippen LogP contribution in [-0.2, 0) is 9.63 Å².